The molecule has 3 N–H and O–H groups in total. The van der Waals surface area contributed by atoms with Crippen LogP contribution in [0.3, 0.4) is 0 Å². The Balaban J connectivity index is 3.95. The molecule has 15 heavy (non-hydrogen) atoms. The van der Waals surface area contributed by atoms with Crippen LogP contribution in [0.1, 0.15) is 40.0 Å². The lowest BCUT2D eigenvalue weighted by Gasteiger charge is -2.31. The van der Waals surface area contributed by atoms with Crippen molar-refractivity contribution in [3.63, 3.8) is 0 Å². The van der Waals surface area contributed by atoms with Gasteiger partial charge in [0, 0.05) is 25.8 Å². The maximum absolute atomic E-state index is 5.80. The third-order valence-electron chi connectivity index (χ3n) is 3.28. The van der Waals surface area contributed by atoms with Crippen LogP contribution in [0.5, 0.6) is 0 Å². The summed E-state index contributed by atoms with van der Waals surface area (Å²) in [4.78, 5) is 0. The van der Waals surface area contributed by atoms with E-state index in [2.05, 4.69) is 26.1 Å². The fraction of sp³-hybridized carbons (Fsp3) is 1.00. The number of hydrogen-bond donors (Lipinski definition) is 2. The maximum atomic E-state index is 5.80. The fourth-order valence-electron chi connectivity index (χ4n) is 1.56. The Kier molecular flexibility index (Phi) is 8.02. The highest BCUT2D eigenvalue weighted by atomic mass is 16.5. The van der Waals surface area contributed by atoms with Crippen LogP contribution in [-0.4, -0.2) is 32.3 Å². The van der Waals surface area contributed by atoms with Gasteiger partial charge in [-0.15, -0.1) is 0 Å². The van der Waals surface area contributed by atoms with Gasteiger partial charge in [-0.2, -0.15) is 0 Å². The van der Waals surface area contributed by atoms with E-state index in [9.17, 15) is 0 Å². The van der Waals surface area contributed by atoms with Crippen molar-refractivity contribution < 1.29 is 4.74 Å². The van der Waals surface area contributed by atoms with Gasteiger partial charge < -0.3 is 15.8 Å². The maximum Gasteiger partial charge on any atom is 0.0480 e. The summed E-state index contributed by atoms with van der Waals surface area (Å²) < 4.78 is 5.10. The Morgan fingerprint density at radius 3 is 2.33 bits per heavy atom. The smallest absolute Gasteiger partial charge is 0.0480 e. The third-order valence-corrected chi connectivity index (χ3v) is 3.28. The lowest BCUT2D eigenvalue weighted by atomic mass is 9.96. The Bertz CT molecular complexity index is 149. The van der Waals surface area contributed by atoms with E-state index < -0.39 is 0 Å². The van der Waals surface area contributed by atoms with Gasteiger partial charge in [0.25, 0.3) is 0 Å². The zero-order valence-corrected chi connectivity index (χ0v) is 10.8. The summed E-state index contributed by atoms with van der Waals surface area (Å²) >= 11 is 0. The predicted molar refractivity (Wildman–Crippen MR) is 66.0 cm³/mol. The third kappa shape index (κ3) is 6.13. The minimum Gasteiger partial charge on any atom is -0.385 e. The molecule has 0 aliphatic rings. The van der Waals surface area contributed by atoms with Gasteiger partial charge in [-0.1, -0.05) is 26.7 Å². The summed E-state index contributed by atoms with van der Waals surface area (Å²) in [5.41, 5.74) is 5.83. The van der Waals surface area contributed by atoms with Crippen LogP contribution in [0.4, 0.5) is 0 Å². The van der Waals surface area contributed by atoms with Gasteiger partial charge >= 0.3 is 0 Å². The van der Waals surface area contributed by atoms with Gasteiger partial charge in [-0.3, -0.25) is 0 Å². The molecule has 1 atom stereocenters. The van der Waals surface area contributed by atoms with E-state index in [0.717, 1.165) is 25.5 Å². The highest BCUT2D eigenvalue weighted by Gasteiger charge is 2.22. The standard InChI is InChI=1S/C12H28N2O/c1-5-11(6-2)9-14-12(3,10-13)7-8-15-4/h11,14H,5-10,13H2,1-4H3. The van der Waals surface area contributed by atoms with Crippen LogP contribution in [0.2, 0.25) is 0 Å². The van der Waals surface area contributed by atoms with Gasteiger partial charge in [-0.25, -0.2) is 0 Å². The first kappa shape index (κ1) is 14.9. The van der Waals surface area contributed by atoms with Crippen LogP contribution in [0.15, 0.2) is 0 Å². The van der Waals surface area contributed by atoms with E-state index >= 15 is 0 Å². The fourth-order valence-corrected chi connectivity index (χ4v) is 1.56. The van der Waals surface area contributed by atoms with Crippen molar-refractivity contribution in [2.75, 3.05) is 26.8 Å². The molecule has 0 saturated carbocycles. The van der Waals surface area contributed by atoms with Crippen molar-refractivity contribution in [2.45, 2.75) is 45.6 Å². The van der Waals surface area contributed by atoms with Crippen LogP contribution < -0.4 is 11.1 Å². The summed E-state index contributed by atoms with van der Waals surface area (Å²) in [7, 11) is 1.73. The van der Waals surface area contributed by atoms with E-state index in [-0.39, 0.29) is 5.54 Å². The summed E-state index contributed by atoms with van der Waals surface area (Å²) in [6.45, 7) is 9.15. The molecular weight excluding hydrogens is 188 g/mol. The van der Waals surface area contributed by atoms with Gasteiger partial charge in [0.15, 0.2) is 0 Å². The molecule has 1 unspecified atom stereocenters. The number of nitrogens with two attached hydrogens (primary N) is 1. The lowest BCUT2D eigenvalue weighted by Crippen LogP contribution is -2.50. The zero-order chi connectivity index (χ0) is 11.7. The van der Waals surface area contributed by atoms with Crippen molar-refractivity contribution >= 4 is 0 Å². The second-order valence-electron chi connectivity index (χ2n) is 4.57. The summed E-state index contributed by atoms with van der Waals surface area (Å²) in [5, 5.41) is 3.58. The van der Waals surface area contributed by atoms with E-state index in [1.165, 1.54) is 12.8 Å². The molecule has 0 aliphatic heterocycles. The molecule has 0 aromatic heterocycles. The van der Waals surface area contributed by atoms with Crippen molar-refractivity contribution in [1.82, 2.24) is 5.32 Å². The Labute approximate surface area is 94.8 Å². The van der Waals surface area contributed by atoms with E-state index in [1.807, 2.05) is 0 Å². The molecule has 0 amide bonds. The van der Waals surface area contributed by atoms with Gasteiger partial charge in [0.2, 0.25) is 0 Å². The minimum atomic E-state index is 0.0264. The van der Waals surface area contributed by atoms with E-state index in [0.29, 0.717) is 6.54 Å². The Morgan fingerprint density at radius 1 is 1.33 bits per heavy atom. The molecule has 3 heteroatoms. The molecule has 3 nitrogen and oxygen atoms in total. The van der Waals surface area contributed by atoms with Crippen molar-refractivity contribution in [2.24, 2.45) is 11.7 Å². The second kappa shape index (κ2) is 8.08. The number of rotatable bonds is 9. The summed E-state index contributed by atoms with van der Waals surface area (Å²) in [6, 6.07) is 0. The van der Waals surface area contributed by atoms with Gasteiger partial charge in [-0.05, 0) is 25.8 Å². The van der Waals surface area contributed by atoms with Gasteiger partial charge in [0.1, 0.15) is 0 Å². The van der Waals surface area contributed by atoms with Crippen molar-refractivity contribution in [1.29, 1.82) is 0 Å². The first-order chi connectivity index (χ1) is 7.11. The minimum absolute atomic E-state index is 0.0264. The molecule has 0 saturated heterocycles. The summed E-state index contributed by atoms with van der Waals surface area (Å²) in [6.07, 6.45) is 3.43. The number of hydrogen-bond acceptors (Lipinski definition) is 3. The van der Waals surface area contributed by atoms with Crippen LogP contribution in [0, 0.1) is 5.92 Å². The average Bonchev–Trinajstić information content (AvgIpc) is 2.28. The van der Waals surface area contributed by atoms with Crippen LogP contribution in [0.25, 0.3) is 0 Å². The predicted octanol–water partition coefficient (Wildman–Crippen LogP) is 1.77. The number of methoxy groups -OCH3 is 1. The Morgan fingerprint density at radius 2 is 1.93 bits per heavy atom. The Hall–Kier alpha value is -0.120. The molecule has 0 aliphatic carbocycles. The quantitative estimate of drug-likeness (QED) is 0.617. The van der Waals surface area contributed by atoms with Crippen molar-refractivity contribution in [3.8, 4) is 0 Å². The highest BCUT2D eigenvalue weighted by Crippen LogP contribution is 2.11. The largest absolute Gasteiger partial charge is 0.385 e. The van der Waals surface area contributed by atoms with E-state index in [4.69, 9.17) is 10.5 Å². The SMILES string of the molecule is CCC(CC)CNC(C)(CN)CCOC. The topological polar surface area (TPSA) is 47.3 Å². The monoisotopic (exact) mass is 216 g/mol. The lowest BCUT2D eigenvalue weighted by molar-refractivity contribution is 0.159. The molecular formula is C12H28N2O. The molecule has 0 spiro atoms. The molecule has 0 bridgehead atoms. The van der Waals surface area contributed by atoms with Crippen LogP contribution in [-0.2, 0) is 4.74 Å². The summed E-state index contributed by atoms with van der Waals surface area (Å²) in [5.74, 6) is 0.762. The van der Waals surface area contributed by atoms with Crippen LogP contribution >= 0.6 is 0 Å². The first-order valence-corrected chi connectivity index (χ1v) is 6.05. The first-order valence-electron chi connectivity index (χ1n) is 6.05. The number of ether oxygens (including phenoxy) is 1. The zero-order valence-electron chi connectivity index (χ0n) is 10.8. The van der Waals surface area contributed by atoms with Crippen molar-refractivity contribution in [3.05, 3.63) is 0 Å². The molecule has 0 heterocycles. The highest BCUT2D eigenvalue weighted by molar-refractivity contribution is 4.84. The molecule has 0 fully saturated rings. The normalized spacial score (nSPS) is 15.6. The molecule has 0 rings (SSSR count). The number of nitrogens with one attached hydrogen (secondary N) is 1. The molecule has 0 radical (unpaired) electrons. The van der Waals surface area contributed by atoms with E-state index in [1.54, 1.807) is 7.11 Å². The average molecular weight is 216 g/mol. The molecule has 0 aromatic carbocycles. The van der Waals surface area contributed by atoms with Gasteiger partial charge in [0.05, 0.1) is 0 Å². The second-order valence-corrected chi connectivity index (χ2v) is 4.57. The molecule has 0 aromatic rings. The molecule has 92 valence electrons.